The van der Waals surface area contributed by atoms with Crippen molar-refractivity contribution in [3.63, 3.8) is 0 Å². The van der Waals surface area contributed by atoms with Crippen molar-refractivity contribution in [2.24, 2.45) is 0 Å². The number of rotatable bonds is 5. The number of furan rings is 1. The second-order valence-corrected chi connectivity index (χ2v) is 4.43. The number of nitrogens with one attached hydrogen (secondary N) is 1. The molecular weight excluding hydrogens is 258 g/mol. The van der Waals surface area contributed by atoms with E-state index in [-0.39, 0.29) is 18.2 Å². The van der Waals surface area contributed by atoms with Crippen LogP contribution in [0.3, 0.4) is 0 Å². The van der Waals surface area contributed by atoms with Crippen LogP contribution in [-0.2, 0) is 0 Å². The standard InChI is InChI=1S/C15H17NO4/c1-10-7-8-20-14(10)15(18)16-9-13(17)11-3-5-12(19-2)6-4-11/h3-8,13,17H,9H2,1-2H3,(H,16,18). The van der Waals surface area contributed by atoms with E-state index in [2.05, 4.69) is 5.32 Å². The Morgan fingerprint density at radius 3 is 2.60 bits per heavy atom. The number of benzene rings is 1. The van der Waals surface area contributed by atoms with Crippen LogP contribution in [0.5, 0.6) is 5.75 Å². The van der Waals surface area contributed by atoms with Crippen molar-refractivity contribution in [1.29, 1.82) is 0 Å². The Kier molecular flexibility index (Phi) is 4.42. The summed E-state index contributed by atoms with van der Waals surface area (Å²) in [4.78, 5) is 11.8. The van der Waals surface area contributed by atoms with Gasteiger partial charge in [-0.1, -0.05) is 12.1 Å². The van der Waals surface area contributed by atoms with Crippen molar-refractivity contribution in [2.75, 3.05) is 13.7 Å². The number of aliphatic hydroxyl groups is 1. The maximum absolute atomic E-state index is 11.8. The lowest BCUT2D eigenvalue weighted by Crippen LogP contribution is -2.28. The molecule has 5 heteroatoms. The smallest absolute Gasteiger partial charge is 0.287 e. The van der Waals surface area contributed by atoms with Gasteiger partial charge in [0.2, 0.25) is 0 Å². The predicted octanol–water partition coefficient (Wildman–Crippen LogP) is 2.06. The van der Waals surface area contributed by atoms with E-state index in [1.807, 2.05) is 0 Å². The largest absolute Gasteiger partial charge is 0.497 e. The fourth-order valence-electron chi connectivity index (χ4n) is 1.82. The van der Waals surface area contributed by atoms with Crippen molar-refractivity contribution >= 4 is 5.91 Å². The molecule has 1 atom stereocenters. The number of carbonyl (C=O) groups excluding carboxylic acids is 1. The molecule has 0 radical (unpaired) electrons. The molecule has 0 aliphatic rings. The molecule has 1 aromatic heterocycles. The second kappa shape index (κ2) is 6.25. The molecule has 106 valence electrons. The molecule has 1 heterocycles. The quantitative estimate of drug-likeness (QED) is 0.876. The number of hydrogen-bond donors (Lipinski definition) is 2. The summed E-state index contributed by atoms with van der Waals surface area (Å²) in [6.07, 6.45) is 0.685. The number of carbonyl (C=O) groups is 1. The Balaban J connectivity index is 1.93. The fraction of sp³-hybridized carbons (Fsp3) is 0.267. The maximum Gasteiger partial charge on any atom is 0.287 e. The van der Waals surface area contributed by atoms with E-state index in [1.54, 1.807) is 44.4 Å². The number of methoxy groups -OCH3 is 1. The average Bonchev–Trinajstić information content (AvgIpc) is 2.90. The highest BCUT2D eigenvalue weighted by Crippen LogP contribution is 2.17. The maximum atomic E-state index is 11.8. The van der Waals surface area contributed by atoms with E-state index >= 15 is 0 Å². The molecule has 0 fully saturated rings. The van der Waals surface area contributed by atoms with Gasteiger partial charge >= 0.3 is 0 Å². The average molecular weight is 275 g/mol. The van der Waals surface area contributed by atoms with E-state index in [4.69, 9.17) is 9.15 Å². The van der Waals surface area contributed by atoms with E-state index in [0.717, 1.165) is 11.3 Å². The van der Waals surface area contributed by atoms with Crippen LogP contribution in [-0.4, -0.2) is 24.7 Å². The third kappa shape index (κ3) is 3.19. The third-order valence-corrected chi connectivity index (χ3v) is 3.02. The summed E-state index contributed by atoms with van der Waals surface area (Å²) < 4.78 is 10.1. The van der Waals surface area contributed by atoms with Gasteiger partial charge in [0.15, 0.2) is 5.76 Å². The van der Waals surface area contributed by atoms with Gasteiger partial charge in [-0.3, -0.25) is 4.79 Å². The second-order valence-electron chi connectivity index (χ2n) is 4.43. The molecule has 0 spiro atoms. The summed E-state index contributed by atoms with van der Waals surface area (Å²) in [6, 6.07) is 8.75. The molecule has 0 aliphatic carbocycles. The first kappa shape index (κ1) is 14.1. The normalized spacial score (nSPS) is 11.9. The molecule has 1 aromatic carbocycles. The van der Waals surface area contributed by atoms with E-state index in [1.165, 1.54) is 6.26 Å². The molecular formula is C15H17NO4. The minimum atomic E-state index is -0.778. The topological polar surface area (TPSA) is 71.7 Å². The van der Waals surface area contributed by atoms with Crippen LogP contribution in [0.25, 0.3) is 0 Å². The highest BCUT2D eigenvalue weighted by atomic mass is 16.5. The minimum absolute atomic E-state index is 0.116. The van der Waals surface area contributed by atoms with Crippen LogP contribution in [0.4, 0.5) is 0 Å². The van der Waals surface area contributed by atoms with Gasteiger partial charge in [-0.05, 0) is 30.7 Å². The summed E-state index contributed by atoms with van der Waals surface area (Å²) in [5, 5.41) is 12.7. The van der Waals surface area contributed by atoms with Crippen molar-refractivity contribution in [3.8, 4) is 5.75 Å². The van der Waals surface area contributed by atoms with E-state index in [9.17, 15) is 9.90 Å². The van der Waals surface area contributed by atoms with Crippen LogP contribution < -0.4 is 10.1 Å². The molecule has 2 N–H and O–H groups in total. The molecule has 0 saturated carbocycles. The van der Waals surface area contributed by atoms with Crippen LogP contribution >= 0.6 is 0 Å². The summed E-state index contributed by atoms with van der Waals surface area (Å²) in [7, 11) is 1.58. The fourth-order valence-corrected chi connectivity index (χ4v) is 1.82. The van der Waals surface area contributed by atoms with Crippen molar-refractivity contribution < 1.29 is 19.1 Å². The molecule has 0 saturated heterocycles. The van der Waals surface area contributed by atoms with E-state index < -0.39 is 6.10 Å². The van der Waals surface area contributed by atoms with Gasteiger partial charge in [0.1, 0.15) is 5.75 Å². The van der Waals surface area contributed by atoms with Gasteiger partial charge in [-0.15, -0.1) is 0 Å². The van der Waals surface area contributed by atoms with Crippen molar-refractivity contribution in [2.45, 2.75) is 13.0 Å². The van der Waals surface area contributed by atoms with Gasteiger partial charge in [0.05, 0.1) is 19.5 Å². The Morgan fingerprint density at radius 1 is 1.35 bits per heavy atom. The Bertz CT molecular complexity index is 574. The zero-order valence-corrected chi connectivity index (χ0v) is 11.4. The van der Waals surface area contributed by atoms with E-state index in [0.29, 0.717) is 5.56 Å². The number of ether oxygens (including phenoxy) is 1. The van der Waals surface area contributed by atoms with Gasteiger partial charge in [-0.2, -0.15) is 0 Å². The van der Waals surface area contributed by atoms with Crippen molar-refractivity contribution in [1.82, 2.24) is 5.32 Å². The van der Waals surface area contributed by atoms with Gasteiger partial charge in [0, 0.05) is 12.1 Å². The van der Waals surface area contributed by atoms with Crippen LogP contribution in [0.1, 0.15) is 27.8 Å². The third-order valence-electron chi connectivity index (χ3n) is 3.02. The summed E-state index contributed by atoms with van der Waals surface area (Å²) in [6.45, 7) is 1.91. The first-order valence-corrected chi connectivity index (χ1v) is 6.26. The summed E-state index contributed by atoms with van der Waals surface area (Å²) in [5.74, 6) is 0.656. The molecule has 2 aromatic rings. The SMILES string of the molecule is COc1ccc(C(O)CNC(=O)c2occc2C)cc1. The van der Waals surface area contributed by atoms with Crippen LogP contribution in [0, 0.1) is 6.92 Å². The van der Waals surface area contributed by atoms with Crippen molar-refractivity contribution in [3.05, 3.63) is 53.5 Å². The summed E-state index contributed by atoms with van der Waals surface area (Å²) >= 11 is 0. The molecule has 1 unspecified atom stereocenters. The predicted molar refractivity (Wildman–Crippen MR) is 73.7 cm³/mol. The first-order valence-electron chi connectivity index (χ1n) is 6.26. The first-order chi connectivity index (χ1) is 9.61. The Hall–Kier alpha value is -2.27. The zero-order chi connectivity index (χ0) is 14.5. The minimum Gasteiger partial charge on any atom is -0.497 e. The lowest BCUT2D eigenvalue weighted by Gasteiger charge is -2.12. The van der Waals surface area contributed by atoms with Gasteiger partial charge in [-0.25, -0.2) is 0 Å². The lowest BCUT2D eigenvalue weighted by molar-refractivity contribution is 0.0888. The van der Waals surface area contributed by atoms with Gasteiger partial charge in [0.25, 0.3) is 5.91 Å². The van der Waals surface area contributed by atoms with Gasteiger partial charge < -0.3 is 19.6 Å². The van der Waals surface area contributed by atoms with Crippen LogP contribution in [0.15, 0.2) is 41.0 Å². The number of aliphatic hydroxyl groups excluding tert-OH is 1. The number of amides is 1. The monoisotopic (exact) mass is 275 g/mol. The molecule has 0 aliphatic heterocycles. The highest BCUT2D eigenvalue weighted by Gasteiger charge is 2.14. The molecule has 2 rings (SSSR count). The molecule has 5 nitrogen and oxygen atoms in total. The molecule has 0 bridgehead atoms. The zero-order valence-electron chi connectivity index (χ0n) is 11.4. The summed E-state index contributed by atoms with van der Waals surface area (Å²) in [5.41, 5.74) is 1.48. The van der Waals surface area contributed by atoms with Crippen LogP contribution in [0.2, 0.25) is 0 Å². The molecule has 1 amide bonds. The Morgan fingerprint density at radius 2 is 2.05 bits per heavy atom. The highest BCUT2D eigenvalue weighted by molar-refractivity contribution is 5.92. The number of hydrogen-bond acceptors (Lipinski definition) is 4. The Labute approximate surface area is 117 Å². The number of aryl methyl sites for hydroxylation is 1. The lowest BCUT2D eigenvalue weighted by atomic mass is 10.1. The molecule has 20 heavy (non-hydrogen) atoms.